The summed E-state index contributed by atoms with van der Waals surface area (Å²) in [5.41, 5.74) is 0. The maximum Gasteiger partial charge on any atom is 0.303 e. The molecule has 0 aromatic heterocycles. The highest BCUT2D eigenvalue weighted by Crippen LogP contribution is 2.38. The number of hydrogen-bond donors (Lipinski definition) is 11. The lowest BCUT2D eigenvalue weighted by Crippen LogP contribution is -2.67. The molecule has 0 aromatic carbocycles. The standard InChI is InChI=1S/C36H62O23/c1-7-8-49-35-30(28(19(41)13(4)51-35)58-34-26(48)24(46)21(43)16(9-37)55-34)59-32-11(2)27(22(44)17(10-38)54-32)56-36-31(53-15(6)39)29(20(42)14(5)52-36)57-33-25(47)23(45)18(40)12(3)50-33/h11-14,16-38,40-48H,7-10H2,1-6H3/t11-,12?,13?,14?,16-,17?,18-,19-,20-,21+,22+,23?,24?,25-,26?,27?,28?,29?,30-,31-,32-,33-,34+,35+,36-/m0/s1. The van der Waals surface area contributed by atoms with Crippen LogP contribution in [0, 0.1) is 5.92 Å². The number of aliphatic hydroxyl groups is 11. The minimum atomic E-state index is -1.85. The van der Waals surface area contributed by atoms with Crippen molar-refractivity contribution in [2.75, 3.05) is 19.8 Å². The number of aliphatic hydroxyl groups excluding tert-OH is 11. The van der Waals surface area contributed by atoms with Gasteiger partial charge in [0.1, 0.15) is 85.5 Å². The summed E-state index contributed by atoms with van der Waals surface area (Å²) < 4.78 is 65.2. The molecule has 5 rings (SSSR count). The summed E-state index contributed by atoms with van der Waals surface area (Å²) in [7, 11) is 0. The molecule has 5 heterocycles. The van der Waals surface area contributed by atoms with Crippen LogP contribution in [-0.2, 0) is 56.9 Å². The lowest BCUT2D eigenvalue weighted by Gasteiger charge is -2.50. The minimum absolute atomic E-state index is 0.135. The molecule has 0 aromatic rings. The zero-order valence-corrected chi connectivity index (χ0v) is 33.6. The lowest BCUT2D eigenvalue weighted by atomic mass is 9.91. The first-order valence-corrected chi connectivity index (χ1v) is 19.9. The van der Waals surface area contributed by atoms with Gasteiger partial charge in [-0.05, 0) is 27.2 Å². The van der Waals surface area contributed by atoms with Crippen LogP contribution in [0.1, 0.15) is 48.0 Å². The normalized spacial score (nSPS) is 51.0. The van der Waals surface area contributed by atoms with Crippen LogP contribution in [0.3, 0.4) is 0 Å². The van der Waals surface area contributed by atoms with Crippen molar-refractivity contribution in [1.29, 1.82) is 0 Å². The third-order valence-corrected chi connectivity index (χ3v) is 11.3. The van der Waals surface area contributed by atoms with E-state index in [1.165, 1.54) is 27.7 Å². The number of hydrogen-bond acceptors (Lipinski definition) is 23. The van der Waals surface area contributed by atoms with E-state index < -0.39 is 173 Å². The first-order valence-electron chi connectivity index (χ1n) is 19.9. The molecule has 0 aliphatic carbocycles. The maximum atomic E-state index is 12.4. The van der Waals surface area contributed by atoms with E-state index >= 15 is 0 Å². The van der Waals surface area contributed by atoms with Gasteiger partial charge in [0, 0.05) is 19.4 Å². The van der Waals surface area contributed by atoms with Crippen LogP contribution in [-0.4, -0.2) is 229 Å². The molecule has 5 fully saturated rings. The Labute approximate surface area is 340 Å². The van der Waals surface area contributed by atoms with E-state index in [2.05, 4.69) is 0 Å². The number of rotatable bonds is 14. The van der Waals surface area contributed by atoms with E-state index in [1.807, 2.05) is 6.92 Å². The van der Waals surface area contributed by atoms with Crippen LogP contribution in [0.5, 0.6) is 0 Å². The van der Waals surface area contributed by atoms with Gasteiger partial charge in [0.15, 0.2) is 37.6 Å². The first-order chi connectivity index (χ1) is 27.8. The van der Waals surface area contributed by atoms with Crippen molar-refractivity contribution in [3.8, 4) is 0 Å². The van der Waals surface area contributed by atoms with E-state index in [0.29, 0.717) is 6.42 Å². The van der Waals surface area contributed by atoms with Crippen molar-refractivity contribution in [1.82, 2.24) is 0 Å². The summed E-state index contributed by atoms with van der Waals surface area (Å²) in [6.07, 6.45) is -35.5. The number of carbonyl (C=O) groups is 1. The van der Waals surface area contributed by atoms with Crippen LogP contribution < -0.4 is 0 Å². The van der Waals surface area contributed by atoms with Crippen molar-refractivity contribution in [2.45, 2.75) is 195 Å². The van der Waals surface area contributed by atoms with Crippen molar-refractivity contribution in [3.05, 3.63) is 0 Å². The molecule has 0 saturated carbocycles. The molecule has 0 bridgehead atoms. The smallest absolute Gasteiger partial charge is 0.303 e. The van der Waals surface area contributed by atoms with Gasteiger partial charge in [0.25, 0.3) is 0 Å². The Balaban J connectivity index is 1.42. The van der Waals surface area contributed by atoms with Crippen molar-refractivity contribution in [2.24, 2.45) is 5.92 Å². The summed E-state index contributed by atoms with van der Waals surface area (Å²) in [4.78, 5) is 12.4. The SMILES string of the molecule is CCCO[C@@H]1OC(C)[C@H](O)C(O[C@H]2O[C@@H](CO)[C@@H](O)C(O)C2O)[C@@H]1O[C@@H]1OC(CO)[C@@H](O)C(O[C@@H]2OC(C)[C@H](O)C(O[C@@H]3OC(C)[C@H](O)C(O)[C@@H]3O)[C@@H]2OC(C)=O)[C@@H]1C. The van der Waals surface area contributed by atoms with Gasteiger partial charge in [-0.25, -0.2) is 0 Å². The van der Waals surface area contributed by atoms with Gasteiger partial charge < -0.3 is 108 Å². The van der Waals surface area contributed by atoms with Gasteiger partial charge in [-0.3, -0.25) is 4.79 Å². The fourth-order valence-electron chi connectivity index (χ4n) is 7.71. The maximum absolute atomic E-state index is 12.4. The highest BCUT2D eigenvalue weighted by Gasteiger charge is 2.56. The Morgan fingerprint density at radius 3 is 1.47 bits per heavy atom. The Morgan fingerprint density at radius 2 is 0.915 bits per heavy atom. The minimum Gasteiger partial charge on any atom is -0.454 e. The van der Waals surface area contributed by atoms with Gasteiger partial charge in [-0.15, -0.1) is 0 Å². The predicted molar refractivity (Wildman–Crippen MR) is 189 cm³/mol. The summed E-state index contributed by atoms with van der Waals surface area (Å²) in [5, 5.41) is 117. The second-order valence-corrected chi connectivity index (χ2v) is 15.7. The van der Waals surface area contributed by atoms with E-state index in [-0.39, 0.29) is 6.61 Å². The van der Waals surface area contributed by atoms with Gasteiger partial charge >= 0.3 is 5.97 Å². The van der Waals surface area contributed by atoms with Gasteiger partial charge in [-0.2, -0.15) is 0 Å². The third-order valence-electron chi connectivity index (χ3n) is 11.3. The van der Waals surface area contributed by atoms with Crippen LogP contribution in [0.25, 0.3) is 0 Å². The Bertz CT molecular complexity index is 1320. The first kappa shape index (κ1) is 48.7. The lowest BCUT2D eigenvalue weighted by molar-refractivity contribution is -0.396. The van der Waals surface area contributed by atoms with E-state index in [0.717, 1.165) is 6.92 Å². The monoisotopic (exact) mass is 862 g/mol. The van der Waals surface area contributed by atoms with Crippen LogP contribution >= 0.6 is 0 Å². The third kappa shape index (κ3) is 10.5. The molecule has 25 atom stereocenters. The van der Waals surface area contributed by atoms with E-state index in [4.69, 9.17) is 52.1 Å². The van der Waals surface area contributed by atoms with Crippen LogP contribution in [0.15, 0.2) is 0 Å². The topological polar surface area (TPSA) is 341 Å². The molecule has 11 N–H and O–H groups in total. The highest BCUT2D eigenvalue weighted by molar-refractivity contribution is 5.66. The van der Waals surface area contributed by atoms with Crippen LogP contribution in [0.4, 0.5) is 0 Å². The average Bonchev–Trinajstić information content (AvgIpc) is 3.20. The molecule has 23 heteroatoms. The summed E-state index contributed by atoms with van der Waals surface area (Å²) in [6.45, 7) is 7.39. The fourth-order valence-corrected chi connectivity index (χ4v) is 7.71. The zero-order chi connectivity index (χ0) is 43.6. The van der Waals surface area contributed by atoms with Gasteiger partial charge in [-0.1, -0.05) is 13.8 Å². The second kappa shape index (κ2) is 20.9. The molecule has 5 aliphatic heterocycles. The molecule has 0 amide bonds. The highest BCUT2D eigenvalue weighted by atomic mass is 16.8. The largest absolute Gasteiger partial charge is 0.454 e. The number of ether oxygens (including phenoxy) is 11. The summed E-state index contributed by atoms with van der Waals surface area (Å²) in [5.74, 6) is -1.91. The van der Waals surface area contributed by atoms with Crippen molar-refractivity contribution < 1.29 is 113 Å². The van der Waals surface area contributed by atoms with Crippen molar-refractivity contribution in [3.63, 3.8) is 0 Å². The Kier molecular flexibility index (Phi) is 17.2. The fraction of sp³-hybridized carbons (Fsp3) is 0.972. The molecule has 59 heavy (non-hydrogen) atoms. The van der Waals surface area contributed by atoms with Gasteiger partial charge in [0.2, 0.25) is 0 Å². The Morgan fingerprint density at radius 1 is 0.475 bits per heavy atom. The molecule has 5 aliphatic rings. The van der Waals surface area contributed by atoms with E-state index in [9.17, 15) is 61.0 Å². The second-order valence-electron chi connectivity index (χ2n) is 15.7. The molecule has 10 unspecified atom stereocenters. The Hall–Kier alpha value is -1.37. The molecule has 0 spiro atoms. The van der Waals surface area contributed by atoms with Crippen molar-refractivity contribution >= 4 is 5.97 Å². The summed E-state index contributed by atoms with van der Waals surface area (Å²) in [6, 6.07) is 0. The zero-order valence-electron chi connectivity index (χ0n) is 33.6. The molecule has 0 radical (unpaired) electrons. The molecule has 23 nitrogen and oxygen atoms in total. The number of esters is 1. The van der Waals surface area contributed by atoms with Gasteiger partial charge in [0.05, 0.1) is 37.6 Å². The van der Waals surface area contributed by atoms with Crippen LogP contribution in [0.2, 0.25) is 0 Å². The number of carbonyl (C=O) groups excluding carboxylic acids is 1. The average molecular weight is 863 g/mol. The molecular weight excluding hydrogens is 800 g/mol. The predicted octanol–water partition coefficient (Wildman–Crippen LogP) is -5.56. The quantitative estimate of drug-likeness (QED) is 0.0726. The summed E-state index contributed by atoms with van der Waals surface area (Å²) >= 11 is 0. The molecule has 5 saturated heterocycles. The molecule has 344 valence electrons. The molecular formula is C36H62O23. The van der Waals surface area contributed by atoms with E-state index in [1.54, 1.807) is 0 Å².